The molecule has 1 heteroatoms. The second-order valence-corrected chi connectivity index (χ2v) is 3.75. The Hall–Kier alpha value is -0.590. The molecular formula is C12H21F. The van der Waals surface area contributed by atoms with Crippen LogP contribution in [-0.4, -0.2) is 6.17 Å². The average molecular weight is 184 g/mol. The Bertz CT molecular complexity index is 199. The molecule has 0 saturated carbocycles. The smallest absolute Gasteiger partial charge is 0.118 e. The fourth-order valence-corrected chi connectivity index (χ4v) is 1.16. The lowest BCUT2D eigenvalue weighted by Gasteiger charge is -2.06. The molecule has 2 unspecified atom stereocenters. The molecule has 0 saturated heterocycles. The van der Waals surface area contributed by atoms with Crippen molar-refractivity contribution in [3.05, 3.63) is 23.3 Å². The molecule has 0 aliphatic heterocycles. The molecule has 2 atom stereocenters. The van der Waals surface area contributed by atoms with Gasteiger partial charge in [-0.15, -0.1) is 0 Å². The van der Waals surface area contributed by atoms with Crippen molar-refractivity contribution < 1.29 is 4.39 Å². The van der Waals surface area contributed by atoms with E-state index in [1.54, 1.807) is 6.92 Å². The van der Waals surface area contributed by atoms with Gasteiger partial charge in [-0.2, -0.15) is 0 Å². The first kappa shape index (κ1) is 12.4. The van der Waals surface area contributed by atoms with Crippen molar-refractivity contribution in [3.8, 4) is 0 Å². The van der Waals surface area contributed by atoms with Gasteiger partial charge in [0.05, 0.1) is 0 Å². The third-order valence-electron chi connectivity index (χ3n) is 2.26. The number of hydrogen-bond acceptors (Lipinski definition) is 0. The molecule has 13 heavy (non-hydrogen) atoms. The standard InChI is InChI=1S/C12H21F/c1-6-9(2)7-10(3)8-11(4)12(5)13/h7-8,10,12H,6H2,1-5H3/b9-7-,11-8-. The highest BCUT2D eigenvalue weighted by atomic mass is 19.1. The molecule has 0 amide bonds. The Kier molecular flexibility index (Phi) is 5.68. The van der Waals surface area contributed by atoms with E-state index in [1.165, 1.54) is 5.57 Å². The van der Waals surface area contributed by atoms with Crippen molar-refractivity contribution >= 4 is 0 Å². The van der Waals surface area contributed by atoms with Crippen molar-refractivity contribution in [3.63, 3.8) is 0 Å². The van der Waals surface area contributed by atoms with E-state index in [-0.39, 0.29) is 0 Å². The number of hydrogen-bond donors (Lipinski definition) is 0. The summed E-state index contributed by atoms with van der Waals surface area (Å²) in [5, 5.41) is 0. The molecule has 0 aliphatic carbocycles. The monoisotopic (exact) mass is 184 g/mol. The van der Waals surface area contributed by atoms with Gasteiger partial charge >= 0.3 is 0 Å². The fraction of sp³-hybridized carbons (Fsp3) is 0.667. The summed E-state index contributed by atoms with van der Waals surface area (Å²) in [6, 6.07) is 0. The van der Waals surface area contributed by atoms with Crippen LogP contribution in [0.4, 0.5) is 4.39 Å². The van der Waals surface area contributed by atoms with Crippen LogP contribution in [0.3, 0.4) is 0 Å². The van der Waals surface area contributed by atoms with Crippen LogP contribution in [0.2, 0.25) is 0 Å². The van der Waals surface area contributed by atoms with Crippen LogP contribution < -0.4 is 0 Å². The zero-order chi connectivity index (χ0) is 10.4. The minimum absolute atomic E-state index is 0.346. The second kappa shape index (κ2) is 5.95. The summed E-state index contributed by atoms with van der Waals surface area (Å²) in [4.78, 5) is 0. The van der Waals surface area contributed by atoms with Crippen LogP contribution >= 0.6 is 0 Å². The molecule has 0 aliphatic rings. The Balaban J connectivity index is 4.29. The van der Waals surface area contributed by atoms with E-state index in [2.05, 4.69) is 26.8 Å². The Morgan fingerprint density at radius 2 is 1.77 bits per heavy atom. The van der Waals surface area contributed by atoms with Crippen LogP contribution in [0.15, 0.2) is 23.3 Å². The molecule has 0 heterocycles. The predicted octanol–water partition coefficient (Wildman–Crippen LogP) is 4.28. The van der Waals surface area contributed by atoms with E-state index in [1.807, 2.05) is 13.0 Å². The van der Waals surface area contributed by atoms with E-state index in [0.29, 0.717) is 5.92 Å². The van der Waals surface area contributed by atoms with Crippen LogP contribution in [-0.2, 0) is 0 Å². The minimum atomic E-state index is -0.821. The van der Waals surface area contributed by atoms with Crippen molar-refractivity contribution in [1.29, 1.82) is 0 Å². The summed E-state index contributed by atoms with van der Waals surface area (Å²) < 4.78 is 12.8. The molecule has 0 fully saturated rings. The molecule has 0 radical (unpaired) electrons. The van der Waals surface area contributed by atoms with Gasteiger partial charge in [-0.25, -0.2) is 4.39 Å². The maximum atomic E-state index is 12.8. The van der Waals surface area contributed by atoms with E-state index in [9.17, 15) is 4.39 Å². The van der Waals surface area contributed by atoms with Gasteiger partial charge in [0, 0.05) is 0 Å². The topological polar surface area (TPSA) is 0 Å². The van der Waals surface area contributed by atoms with E-state index < -0.39 is 6.17 Å². The molecule has 0 spiro atoms. The van der Waals surface area contributed by atoms with Gasteiger partial charge < -0.3 is 0 Å². The highest BCUT2D eigenvalue weighted by molar-refractivity contribution is 5.12. The molecule has 76 valence electrons. The molecule has 0 N–H and O–H groups in total. The van der Waals surface area contributed by atoms with E-state index in [0.717, 1.165) is 12.0 Å². The van der Waals surface area contributed by atoms with Gasteiger partial charge in [-0.05, 0) is 38.7 Å². The molecule has 0 nitrogen and oxygen atoms in total. The highest BCUT2D eigenvalue weighted by Crippen LogP contribution is 2.12. The zero-order valence-corrected chi connectivity index (χ0v) is 9.39. The summed E-state index contributed by atoms with van der Waals surface area (Å²) >= 11 is 0. The lowest BCUT2D eigenvalue weighted by Crippen LogP contribution is -1.97. The van der Waals surface area contributed by atoms with Gasteiger partial charge in [0.15, 0.2) is 0 Å². The van der Waals surface area contributed by atoms with Gasteiger partial charge in [0.2, 0.25) is 0 Å². The summed E-state index contributed by atoms with van der Waals surface area (Å²) in [7, 11) is 0. The summed E-state index contributed by atoms with van der Waals surface area (Å²) in [6.07, 6.45) is 4.43. The SMILES string of the molecule is CC/C(C)=C\C(C)/C=C(/C)C(C)F. The minimum Gasteiger partial charge on any atom is -0.243 e. The van der Waals surface area contributed by atoms with Crippen LogP contribution in [0.1, 0.15) is 41.0 Å². The molecule has 0 aromatic heterocycles. The Morgan fingerprint density at radius 3 is 2.15 bits per heavy atom. The fourth-order valence-electron chi connectivity index (χ4n) is 1.16. The largest absolute Gasteiger partial charge is 0.243 e. The van der Waals surface area contributed by atoms with Gasteiger partial charge in [-0.3, -0.25) is 0 Å². The molecule has 0 bridgehead atoms. The first-order valence-electron chi connectivity index (χ1n) is 4.97. The molecule has 0 aromatic rings. The van der Waals surface area contributed by atoms with Crippen molar-refractivity contribution in [2.24, 2.45) is 5.92 Å². The van der Waals surface area contributed by atoms with Crippen LogP contribution in [0, 0.1) is 5.92 Å². The van der Waals surface area contributed by atoms with Crippen LogP contribution in [0.25, 0.3) is 0 Å². The lowest BCUT2D eigenvalue weighted by molar-refractivity contribution is 0.409. The summed E-state index contributed by atoms with van der Waals surface area (Å²) in [6.45, 7) is 9.75. The summed E-state index contributed by atoms with van der Waals surface area (Å²) in [5.41, 5.74) is 2.19. The Morgan fingerprint density at radius 1 is 1.23 bits per heavy atom. The van der Waals surface area contributed by atoms with Gasteiger partial charge in [-0.1, -0.05) is 31.6 Å². The number of alkyl halides is 1. The number of rotatable bonds is 4. The van der Waals surface area contributed by atoms with Gasteiger partial charge in [0.25, 0.3) is 0 Å². The lowest BCUT2D eigenvalue weighted by atomic mass is 10.0. The van der Waals surface area contributed by atoms with Gasteiger partial charge in [0.1, 0.15) is 6.17 Å². The Labute approximate surface area is 81.5 Å². The molecular weight excluding hydrogens is 163 g/mol. The second-order valence-electron chi connectivity index (χ2n) is 3.75. The van der Waals surface area contributed by atoms with Crippen molar-refractivity contribution in [2.45, 2.75) is 47.2 Å². The third kappa shape index (κ3) is 5.62. The molecule has 0 aromatic carbocycles. The third-order valence-corrected chi connectivity index (χ3v) is 2.26. The average Bonchev–Trinajstić information content (AvgIpc) is 2.03. The predicted molar refractivity (Wildman–Crippen MR) is 57.5 cm³/mol. The zero-order valence-electron chi connectivity index (χ0n) is 9.39. The quantitative estimate of drug-likeness (QED) is 0.572. The van der Waals surface area contributed by atoms with E-state index >= 15 is 0 Å². The van der Waals surface area contributed by atoms with Crippen molar-refractivity contribution in [1.82, 2.24) is 0 Å². The normalized spacial score (nSPS) is 18.6. The first-order valence-corrected chi connectivity index (χ1v) is 4.97. The first-order chi connectivity index (χ1) is 5.97. The van der Waals surface area contributed by atoms with E-state index in [4.69, 9.17) is 0 Å². The maximum absolute atomic E-state index is 12.8. The summed E-state index contributed by atoms with van der Waals surface area (Å²) in [5.74, 6) is 0.346. The van der Waals surface area contributed by atoms with Crippen molar-refractivity contribution in [2.75, 3.05) is 0 Å². The highest BCUT2D eigenvalue weighted by Gasteiger charge is 2.02. The maximum Gasteiger partial charge on any atom is 0.118 e. The van der Waals surface area contributed by atoms with Crippen LogP contribution in [0.5, 0.6) is 0 Å². The number of allylic oxidation sites excluding steroid dienone is 4. The molecule has 0 rings (SSSR count). The number of halogens is 1.